The first kappa shape index (κ1) is 29.5. The first-order chi connectivity index (χ1) is 21.0. The number of benzene rings is 3. The van der Waals surface area contributed by atoms with Gasteiger partial charge in [-0.25, -0.2) is 9.59 Å². The number of thiophene rings is 1. The van der Waals surface area contributed by atoms with Gasteiger partial charge >= 0.3 is 12.1 Å². The number of amides is 2. The molecular weight excluding hydrogens is 562 g/mol. The molecule has 0 fully saturated rings. The molecule has 3 aromatic carbocycles. The number of alkyl carbamates (subject to hydrolysis) is 1. The summed E-state index contributed by atoms with van der Waals surface area (Å²) >= 11 is 1.33. The molecule has 0 bridgehead atoms. The van der Waals surface area contributed by atoms with E-state index in [0.717, 1.165) is 33.0 Å². The second-order valence-corrected chi connectivity index (χ2v) is 10.7. The number of hydrogen-bond acceptors (Lipinski definition) is 7. The molecule has 0 saturated carbocycles. The Morgan fingerprint density at radius 2 is 1.74 bits per heavy atom. The van der Waals surface area contributed by atoms with Gasteiger partial charge in [0.1, 0.15) is 11.5 Å². The summed E-state index contributed by atoms with van der Waals surface area (Å²) in [4.78, 5) is 42.7. The third kappa shape index (κ3) is 7.84. The Labute approximate surface area is 253 Å². The van der Waals surface area contributed by atoms with Crippen molar-refractivity contribution in [2.75, 3.05) is 13.2 Å². The average Bonchev–Trinajstić information content (AvgIpc) is 3.55. The smallest absolute Gasteiger partial charge is 0.407 e. The van der Waals surface area contributed by atoms with Crippen LogP contribution in [0.1, 0.15) is 50.5 Å². The normalized spacial score (nSPS) is 11.5. The summed E-state index contributed by atoms with van der Waals surface area (Å²) in [5.41, 5.74) is 4.05. The van der Waals surface area contributed by atoms with Crippen molar-refractivity contribution in [1.82, 2.24) is 15.6 Å². The van der Waals surface area contributed by atoms with Gasteiger partial charge in [-0.15, -0.1) is 11.3 Å². The highest BCUT2D eigenvalue weighted by molar-refractivity contribution is 7.12. The number of ether oxygens (including phenoxy) is 2. The van der Waals surface area contributed by atoms with E-state index in [1.165, 1.54) is 11.3 Å². The van der Waals surface area contributed by atoms with Gasteiger partial charge in [0.15, 0.2) is 0 Å². The minimum atomic E-state index is -0.532. The van der Waals surface area contributed by atoms with Crippen molar-refractivity contribution in [3.05, 3.63) is 124 Å². The molecule has 43 heavy (non-hydrogen) atoms. The van der Waals surface area contributed by atoms with Crippen molar-refractivity contribution in [1.29, 1.82) is 0 Å². The molecule has 0 saturated heterocycles. The highest BCUT2D eigenvalue weighted by Crippen LogP contribution is 2.29. The molecule has 0 radical (unpaired) electrons. The van der Waals surface area contributed by atoms with E-state index in [4.69, 9.17) is 9.47 Å². The molecule has 2 N–H and O–H groups in total. The molecule has 0 aliphatic carbocycles. The summed E-state index contributed by atoms with van der Waals surface area (Å²) < 4.78 is 10.5. The van der Waals surface area contributed by atoms with Crippen molar-refractivity contribution in [3.63, 3.8) is 0 Å². The van der Waals surface area contributed by atoms with Crippen LogP contribution in [-0.4, -0.2) is 36.1 Å². The van der Waals surface area contributed by atoms with Crippen LogP contribution in [0.3, 0.4) is 0 Å². The Hall–Kier alpha value is -5.02. The molecule has 2 heterocycles. The van der Waals surface area contributed by atoms with Gasteiger partial charge in [0, 0.05) is 29.9 Å². The van der Waals surface area contributed by atoms with Gasteiger partial charge < -0.3 is 20.1 Å². The van der Waals surface area contributed by atoms with E-state index in [0.29, 0.717) is 23.5 Å². The second kappa shape index (κ2) is 14.2. The van der Waals surface area contributed by atoms with Gasteiger partial charge in [-0.1, -0.05) is 54.6 Å². The molecule has 8 nitrogen and oxygen atoms in total. The number of nitrogens with one attached hydrogen (secondary N) is 2. The fourth-order valence-corrected chi connectivity index (χ4v) is 5.42. The highest BCUT2D eigenvalue weighted by atomic mass is 32.1. The molecule has 2 amide bonds. The summed E-state index contributed by atoms with van der Waals surface area (Å²) in [5.74, 6) is -0.586. The van der Waals surface area contributed by atoms with Crippen molar-refractivity contribution in [3.8, 4) is 11.1 Å². The number of rotatable bonds is 11. The quantitative estimate of drug-likeness (QED) is 0.161. The summed E-state index contributed by atoms with van der Waals surface area (Å²) in [6.45, 7) is 2.53. The predicted octanol–water partition coefficient (Wildman–Crippen LogP) is 6.93. The van der Waals surface area contributed by atoms with Crippen LogP contribution < -0.4 is 10.6 Å². The van der Waals surface area contributed by atoms with E-state index >= 15 is 0 Å². The molecule has 1 atom stereocenters. The van der Waals surface area contributed by atoms with Gasteiger partial charge in [0.25, 0.3) is 5.91 Å². The lowest BCUT2D eigenvalue weighted by molar-refractivity contribution is 0.0532. The maximum absolute atomic E-state index is 13.4. The Morgan fingerprint density at radius 1 is 0.884 bits per heavy atom. The molecule has 2 aromatic heterocycles. The first-order valence-electron chi connectivity index (χ1n) is 14.0. The monoisotopic (exact) mass is 593 g/mol. The minimum Gasteiger partial charge on any atom is -0.462 e. The Bertz CT molecular complexity index is 1720. The lowest BCUT2D eigenvalue weighted by Crippen LogP contribution is -2.33. The van der Waals surface area contributed by atoms with Crippen LogP contribution in [0.4, 0.5) is 4.79 Å². The molecule has 9 heteroatoms. The summed E-state index contributed by atoms with van der Waals surface area (Å²) in [6, 6.07) is 26.0. The van der Waals surface area contributed by atoms with Crippen molar-refractivity contribution >= 4 is 40.1 Å². The topological polar surface area (TPSA) is 107 Å². The number of carbonyl (C=O) groups is 3. The van der Waals surface area contributed by atoms with Gasteiger partial charge in [-0.2, -0.15) is 0 Å². The first-order valence-corrected chi connectivity index (χ1v) is 14.8. The molecule has 218 valence electrons. The molecular formula is C34H31N3O5S. The Balaban J connectivity index is 1.32. The number of carbonyl (C=O) groups excluding carboxylic acids is 3. The minimum absolute atomic E-state index is 0.167. The third-order valence-corrected chi connectivity index (χ3v) is 7.73. The van der Waals surface area contributed by atoms with Gasteiger partial charge in [0.2, 0.25) is 0 Å². The van der Waals surface area contributed by atoms with Crippen LogP contribution in [0.5, 0.6) is 0 Å². The summed E-state index contributed by atoms with van der Waals surface area (Å²) in [7, 11) is 0. The molecule has 5 aromatic rings. The number of pyridine rings is 1. The predicted molar refractivity (Wildman–Crippen MR) is 167 cm³/mol. The zero-order valence-electron chi connectivity index (χ0n) is 23.6. The zero-order chi connectivity index (χ0) is 30.0. The van der Waals surface area contributed by atoms with Crippen LogP contribution in [-0.2, 0) is 16.1 Å². The summed E-state index contributed by atoms with van der Waals surface area (Å²) in [6.07, 6.45) is 3.34. The van der Waals surface area contributed by atoms with Crippen LogP contribution in [0.15, 0.2) is 103 Å². The fraction of sp³-hybridized carbons (Fsp3) is 0.176. The largest absolute Gasteiger partial charge is 0.462 e. The lowest BCUT2D eigenvalue weighted by Gasteiger charge is -2.20. The average molecular weight is 594 g/mol. The third-order valence-electron chi connectivity index (χ3n) is 6.82. The van der Waals surface area contributed by atoms with Crippen molar-refractivity contribution < 1.29 is 23.9 Å². The lowest BCUT2D eigenvalue weighted by atomic mass is 9.98. The van der Waals surface area contributed by atoms with E-state index in [-0.39, 0.29) is 25.0 Å². The standard InChI is InChI=1S/C34H31N3O5S/c1-2-41-33(39)31-19-29(22-43-31)24-9-6-10-26(17-24)30(14-16-36-34(40)42-21-23-7-4-3-5-8-23)37-32(38)27-11-12-28-20-35-15-13-25(28)18-27/h3-13,15,17-20,22,30H,2,14,16,21H2,1H3,(H,36,40)(H,37,38). The van der Waals surface area contributed by atoms with E-state index < -0.39 is 12.1 Å². The second-order valence-electron chi connectivity index (χ2n) is 9.79. The highest BCUT2D eigenvalue weighted by Gasteiger charge is 2.19. The van der Waals surface area contributed by atoms with Gasteiger partial charge in [-0.3, -0.25) is 9.78 Å². The Kier molecular flexibility index (Phi) is 9.76. The van der Waals surface area contributed by atoms with E-state index in [1.807, 2.05) is 84.2 Å². The van der Waals surface area contributed by atoms with Gasteiger partial charge in [0.05, 0.1) is 12.6 Å². The van der Waals surface area contributed by atoms with Crippen LogP contribution >= 0.6 is 11.3 Å². The van der Waals surface area contributed by atoms with Crippen LogP contribution in [0.2, 0.25) is 0 Å². The zero-order valence-corrected chi connectivity index (χ0v) is 24.4. The Morgan fingerprint density at radius 3 is 2.58 bits per heavy atom. The van der Waals surface area contributed by atoms with Gasteiger partial charge in [-0.05, 0) is 76.7 Å². The van der Waals surface area contributed by atoms with Crippen molar-refractivity contribution in [2.24, 2.45) is 0 Å². The molecule has 0 spiro atoms. The molecule has 0 aliphatic heterocycles. The van der Waals surface area contributed by atoms with Crippen LogP contribution in [0, 0.1) is 0 Å². The number of hydrogen-bond donors (Lipinski definition) is 2. The van der Waals surface area contributed by atoms with E-state index in [1.54, 1.807) is 25.4 Å². The van der Waals surface area contributed by atoms with E-state index in [9.17, 15) is 14.4 Å². The number of aromatic nitrogens is 1. The maximum Gasteiger partial charge on any atom is 0.407 e. The summed E-state index contributed by atoms with van der Waals surface area (Å²) in [5, 5.41) is 9.71. The number of esters is 1. The number of nitrogens with zero attached hydrogens (tertiary/aromatic N) is 1. The SMILES string of the molecule is CCOC(=O)c1cc(-c2cccc(C(CCNC(=O)OCc3ccccc3)NC(=O)c3ccc4cnccc4c3)c2)cs1. The maximum atomic E-state index is 13.4. The van der Waals surface area contributed by atoms with E-state index in [2.05, 4.69) is 15.6 Å². The van der Waals surface area contributed by atoms with Crippen molar-refractivity contribution in [2.45, 2.75) is 26.0 Å². The molecule has 5 rings (SSSR count). The van der Waals surface area contributed by atoms with Crippen LogP contribution in [0.25, 0.3) is 21.9 Å². The molecule has 1 unspecified atom stereocenters. The number of fused-ring (bicyclic) bond motifs is 1. The molecule has 0 aliphatic rings. The fourth-order valence-electron chi connectivity index (χ4n) is 4.61.